The van der Waals surface area contributed by atoms with Crippen LogP contribution >= 0.6 is 11.6 Å². The Labute approximate surface area is 256 Å². The Balaban J connectivity index is 2.10. The average molecular weight is 631 g/mol. The maximum absolute atomic E-state index is 14.2. The maximum Gasteiger partial charge on any atom is 0.271 e. The predicted molar refractivity (Wildman–Crippen MR) is 166 cm³/mol. The number of methoxy groups -OCH3 is 1. The normalized spacial score (nSPS) is 11.8. The van der Waals surface area contributed by atoms with Crippen LogP contribution in [0.2, 0.25) is 5.02 Å². The first-order valence-electron chi connectivity index (χ1n) is 13.6. The van der Waals surface area contributed by atoms with Gasteiger partial charge in [0.2, 0.25) is 21.8 Å². The lowest BCUT2D eigenvalue weighted by Crippen LogP contribution is -2.53. The number of non-ortho nitro benzene ring substituents is 1. The van der Waals surface area contributed by atoms with Gasteiger partial charge in [0.15, 0.2) is 0 Å². The highest BCUT2D eigenvalue weighted by Gasteiger charge is 2.34. The fourth-order valence-corrected chi connectivity index (χ4v) is 5.40. The number of nitro benzene ring substituents is 1. The first kappa shape index (κ1) is 33.3. The Morgan fingerprint density at radius 3 is 2.30 bits per heavy atom. The smallest absolute Gasteiger partial charge is 0.271 e. The van der Waals surface area contributed by atoms with E-state index in [4.69, 9.17) is 16.3 Å². The summed E-state index contributed by atoms with van der Waals surface area (Å²) in [5, 5.41) is 14.9. The number of nitrogens with zero attached hydrogens (tertiary/aromatic N) is 3. The zero-order valence-corrected chi connectivity index (χ0v) is 25.8. The SMILES string of the molecule is CCCCNC(=O)[C@H](Cc1ccccc1)N(Cc1ccc(Cl)cc1)C(=O)CN(c1cc([N+](=O)[O-])ccc1OC)S(C)(=O)=O. The van der Waals surface area contributed by atoms with E-state index in [-0.39, 0.29) is 30.1 Å². The van der Waals surface area contributed by atoms with E-state index in [0.717, 1.165) is 35.0 Å². The summed E-state index contributed by atoms with van der Waals surface area (Å²) >= 11 is 6.07. The van der Waals surface area contributed by atoms with E-state index in [1.54, 1.807) is 24.3 Å². The van der Waals surface area contributed by atoms with Crippen molar-refractivity contribution in [3.63, 3.8) is 0 Å². The number of benzene rings is 3. The Hall–Kier alpha value is -4.16. The highest BCUT2D eigenvalue weighted by Crippen LogP contribution is 2.34. The summed E-state index contributed by atoms with van der Waals surface area (Å²) in [6.45, 7) is 1.63. The molecule has 0 aromatic heterocycles. The van der Waals surface area contributed by atoms with Crippen LogP contribution in [0, 0.1) is 10.1 Å². The van der Waals surface area contributed by atoms with Crippen LogP contribution in [0.25, 0.3) is 0 Å². The summed E-state index contributed by atoms with van der Waals surface area (Å²) in [6.07, 6.45) is 2.65. The summed E-state index contributed by atoms with van der Waals surface area (Å²) in [6, 6.07) is 18.4. The molecule has 0 saturated carbocycles. The molecule has 0 heterocycles. The monoisotopic (exact) mass is 630 g/mol. The average Bonchev–Trinajstić information content (AvgIpc) is 2.98. The van der Waals surface area contributed by atoms with E-state index >= 15 is 0 Å². The number of rotatable bonds is 15. The molecule has 0 fully saturated rings. The lowest BCUT2D eigenvalue weighted by atomic mass is 10.0. The number of ether oxygens (including phenoxy) is 1. The number of carbonyl (C=O) groups excluding carboxylic acids is 2. The first-order chi connectivity index (χ1) is 20.4. The molecule has 3 aromatic carbocycles. The molecule has 0 aliphatic carbocycles. The lowest BCUT2D eigenvalue weighted by Gasteiger charge is -2.33. The molecule has 0 unspecified atom stereocenters. The lowest BCUT2D eigenvalue weighted by molar-refractivity contribution is -0.384. The van der Waals surface area contributed by atoms with Crippen LogP contribution in [-0.2, 0) is 32.6 Å². The van der Waals surface area contributed by atoms with E-state index in [2.05, 4.69) is 5.32 Å². The zero-order valence-electron chi connectivity index (χ0n) is 24.2. The van der Waals surface area contributed by atoms with E-state index in [0.29, 0.717) is 17.1 Å². The molecule has 11 nitrogen and oxygen atoms in total. The fourth-order valence-electron chi connectivity index (χ4n) is 4.43. The molecule has 1 N–H and O–H groups in total. The molecule has 0 aliphatic heterocycles. The zero-order chi connectivity index (χ0) is 31.6. The third kappa shape index (κ3) is 9.42. The van der Waals surface area contributed by atoms with E-state index in [1.165, 1.54) is 24.1 Å². The minimum Gasteiger partial charge on any atom is -0.495 e. The molecular weight excluding hydrogens is 596 g/mol. The number of sulfonamides is 1. The first-order valence-corrected chi connectivity index (χ1v) is 15.8. The van der Waals surface area contributed by atoms with Gasteiger partial charge in [-0.05, 0) is 35.7 Å². The molecule has 1 atom stereocenters. The van der Waals surface area contributed by atoms with Crippen molar-refractivity contribution in [3.05, 3.63) is 99.1 Å². The van der Waals surface area contributed by atoms with Gasteiger partial charge in [0.25, 0.3) is 5.69 Å². The second-order valence-corrected chi connectivity index (χ2v) is 12.2. The molecule has 230 valence electrons. The van der Waals surface area contributed by atoms with Crippen LogP contribution in [0.5, 0.6) is 5.75 Å². The van der Waals surface area contributed by atoms with Crippen molar-refractivity contribution in [1.29, 1.82) is 0 Å². The summed E-state index contributed by atoms with van der Waals surface area (Å²) in [4.78, 5) is 40.0. The number of nitrogens with one attached hydrogen (secondary N) is 1. The van der Waals surface area contributed by atoms with Crippen molar-refractivity contribution in [2.45, 2.75) is 38.8 Å². The van der Waals surface area contributed by atoms with Crippen molar-refractivity contribution < 1.29 is 27.7 Å². The van der Waals surface area contributed by atoms with Gasteiger partial charge in [-0.1, -0.05) is 67.4 Å². The van der Waals surface area contributed by atoms with Crippen molar-refractivity contribution in [1.82, 2.24) is 10.2 Å². The number of hydrogen-bond acceptors (Lipinski definition) is 7. The van der Waals surface area contributed by atoms with Crippen LogP contribution in [0.1, 0.15) is 30.9 Å². The largest absolute Gasteiger partial charge is 0.495 e. The topological polar surface area (TPSA) is 139 Å². The minimum absolute atomic E-state index is 0.0196. The van der Waals surface area contributed by atoms with Gasteiger partial charge in [0.05, 0.1) is 18.3 Å². The molecule has 0 bridgehead atoms. The highest BCUT2D eigenvalue weighted by molar-refractivity contribution is 7.92. The van der Waals surface area contributed by atoms with Crippen LogP contribution in [0.4, 0.5) is 11.4 Å². The molecule has 13 heteroatoms. The molecule has 2 amide bonds. The molecule has 0 saturated heterocycles. The van der Waals surface area contributed by atoms with Gasteiger partial charge in [-0.15, -0.1) is 0 Å². The minimum atomic E-state index is -4.16. The number of anilines is 1. The van der Waals surface area contributed by atoms with E-state index in [9.17, 15) is 28.1 Å². The highest BCUT2D eigenvalue weighted by atomic mass is 35.5. The second kappa shape index (κ2) is 15.4. The summed E-state index contributed by atoms with van der Waals surface area (Å²) in [5.74, 6) is -1.06. The molecule has 3 aromatic rings. The van der Waals surface area contributed by atoms with Gasteiger partial charge in [-0.3, -0.25) is 24.0 Å². The summed E-state index contributed by atoms with van der Waals surface area (Å²) in [5.41, 5.74) is 0.904. The Morgan fingerprint density at radius 2 is 1.72 bits per heavy atom. The number of hydrogen-bond donors (Lipinski definition) is 1. The predicted octanol–water partition coefficient (Wildman–Crippen LogP) is 4.58. The molecule has 0 radical (unpaired) electrons. The quantitative estimate of drug-likeness (QED) is 0.147. The number of carbonyl (C=O) groups is 2. The second-order valence-electron chi connectivity index (χ2n) is 9.88. The van der Waals surface area contributed by atoms with Gasteiger partial charge in [0, 0.05) is 36.7 Å². The third-order valence-corrected chi connectivity index (χ3v) is 8.07. The van der Waals surface area contributed by atoms with Crippen molar-refractivity contribution in [3.8, 4) is 5.75 Å². The van der Waals surface area contributed by atoms with Gasteiger partial charge < -0.3 is 15.0 Å². The summed E-state index contributed by atoms with van der Waals surface area (Å²) in [7, 11) is -2.87. The van der Waals surface area contributed by atoms with Crippen molar-refractivity contribution in [2.24, 2.45) is 0 Å². The Bertz CT molecular complexity index is 1520. The Morgan fingerprint density at radius 1 is 1.05 bits per heavy atom. The van der Waals surface area contributed by atoms with Crippen molar-refractivity contribution >= 4 is 44.8 Å². The van der Waals surface area contributed by atoms with Crippen LogP contribution in [0.3, 0.4) is 0 Å². The summed E-state index contributed by atoms with van der Waals surface area (Å²) < 4.78 is 32.1. The molecule has 43 heavy (non-hydrogen) atoms. The number of amides is 2. The number of halogens is 1. The molecule has 0 spiro atoms. The third-order valence-electron chi connectivity index (χ3n) is 6.69. The van der Waals surface area contributed by atoms with Crippen molar-refractivity contribution in [2.75, 3.05) is 30.8 Å². The van der Waals surface area contributed by atoms with Gasteiger partial charge in [-0.2, -0.15) is 0 Å². The number of unbranched alkanes of at least 4 members (excludes halogenated alkanes) is 1. The maximum atomic E-state index is 14.2. The van der Waals surface area contributed by atoms with E-state index in [1.807, 2.05) is 37.3 Å². The Kier molecular flexibility index (Phi) is 11.9. The number of nitro groups is 1. The van der Waals surface area contributed by atoms with Gasteiger partial charge in [0.1, 0.15) is 24.0 Å². The van der Waals surface area contributed by atoms with Gasteiger partial charge >= 0.3 is 0 Å². The molecule has 0 aliphatic rings. The van der Waals surface area contributed by atoms with Crippen LogP contribution in [0.15, 0.2) is 72.8 Å². The van der Waals surface area contributed by atoms with Gasteiger partial charge in [-0.25, -0.2) is 8.42 Å². The van der Waals surface area contributed by atoms with Crippen LogP contribution < -0.4 is 14.4 Å². The standard InChI is InChI=1S/C30H35ClN4O7S/c1-4-5-17-32-30(37)27(18-22-9-7-6-8-10-22)33(20-23-11-13-24(31)14-12-23)29(36)21-34(43(3,40)41)26-19-25(35(38)39)15-16-28(26)42-2/h6-16,19,27H,4-5,17-18,20-21H2,1-3H3,(H,32,37)/t27-/m0/s1. The molecule has 3 rings (SSSR count). The van der Waals surface area contributed by atoms with E-state index < -0.39 is 39.3 Å². The fraction of sp³-hybridized carbons (Fsp3) is 0.333. The van der Waals surface area contributed by atoms with Crippen LogP contribution in [-0.4, -0.2) is 62.6 Å². The molecular formula is C30H35ClN4O7S.